The van der Waals surface area contributed by atoms with Crippen LogP contribution in [0.2, 0.25) is 5.02 Å². The summed E-state index contributed by atoms with van der Waals surface area (Å²) in [6, 6.07) is 7.74. The first kappa shape index (κ1) is 34.7. The van der Waals surface area contributed by atoms with Gasteiger partial charge >= 0.3 is 12.3 Å². The van der Waals surface area contributed by atoms with Crippen LogP contribution in [-0.2, 0) is 9.53 Å². The molecule has 0 radical (unpaired) electrons. The van der Waals surface area contributed by atoms with Crippen LogP contribution in [0.4, 0.5) is 17.6 Å². The van der Waals surface area contributed by atoms with Crippen LogP contribution in [0.25, 0.3) is 0 Å². The van der Waals surface area contributed by atoms with E-state index in [0.717, 1.165) is 31.6 Å². The predicted molar refractivity (Wildman–Crippen MR) is 165 cm³/mol. The Bertz CT molecular complexity index is 1260. The number of carboxylic acids is 1. The van der Waals surface area contributed by atoms with Gasteiger partial charge in [0.05, 0.1) is 6.10 Å². The van der Waals surface area contributed by atoms with E-state index in [1.165, 1.54) is 30.9 Å². The monoisotopic (exact) mass is 640 g/mol. The second kappa shape index (κ2) is 15.4. The number of carbonyl (C=O) groups is 1. The number of piperidine rings is 1. The number of rotatable bonds is 12. The number of benzene rings is 2. The summed E-state index contributed by atoms with van der Waals surface area (Å²) in [4.78, 5) is 17.1. The van der Waals surface area contributed by atoms with Gasteiger partial charge in [0.15, 0.2) is 0 Å². The summed E-state index contributed by atoms with van der Waals surface area (Å²) >= 11 is 6.41. The van der Waals surface area contributed by atoms with Crippen LogP contribution in [0.5, 0.6) is 0 Å². The molecule has 0 bridgehead atoms. The molecule has 1 N–H and O–H groups in total. The molecule has 0 spiro atoms. The number of likely N-dealkylation sites (tertiary alicyclic amines) is 1. The molecule has 2 unspecified atom stereocenters. The fourth-order valence-corrected chi connectivity index (χ4v) is 7.42. The van der Waals surface area contributed by atoms with Gasteiger partial charge in [-0.25, -0.2) is 4.39 Å². The molecule has 244 valence electrons. The fourth-order valence-electron chi connectivity index (χ4n) is 7.24. The van der Waals surface area contributed by atoms with Gasteiger partial charge < -0.3 is 10.0 Å². The minimum absolute atomic E-state index is 0.171. The smallest absolute Gasteiger partial charge is 0.480 e. The molecule has 2 aromatic carbocycles. The zero-order valence-electron chi connectivity index (χ0n) is 25.9. The van der Waals surface area contributed by atoms with Gasteiger partial charge in [0.25, 0.3) is 0 Å². The Labute approximate surface area is 263 Å². The van der Waals surface area contributed by atoms with E-state index in [-0.39, 0.29) is 24.7 Å². The number of ether oxygens (including phenoxy) is 1. The highest BCUT2D eigenvalue weighted by Gasteiger charge is 2.37. The van der Waals surface area contributed by atoms with Crippen LogP contribution in [-0.4, -0.2) is 66.6 Å². The van der Waals surface area contributed by atoms with Crippen molar-refractivity contribution in [2.75, 3.05) is 33.2 Å². The summed E-state index contributed by atoms with van der Waals surface area (Å²) in [5, 5.41) is 11.2. The summed E-state index contributed by atoms with van der Waals surface area (Å²) in [7, 11) is 1.78. The molecule has 1 aliphatic heterocycles. The fraction of sp³-hybridized carbons (Fsp3) is 0.618. The van der Waals surface area contributed by atoms with Crippen LogP contribution in [0.1, 0.15) is 103 Å². The molecule has 5 nitrogen and oxygen atoms in total. The number of carboxylic acid groups (broad SMARTS) is 1. The maximum absolute atomic E-state index is 14.9. The molecule has 1 saturated heterocycles. The van der Waals surface area contributed by atoms with E-state index in [9.17, 15) is 27.5 Å². The summed E-state index contributed by atoms with van der Waals surface area (Å²) in [6.07, 6.45) is 0.740. The number of aryl methyl sites for hydroxylation is 1. The lowest BCUT2D eigenvalue weighted by molar-refractivity contribution is -0.345. The Morgan fingerprint density at radius 2 is 1.73 bits per heavy atom. The zero-order valence-corrected chi connectivity index (χ0v) is 26.7. The molecule has 4 rings (SSSR count). The number of hydrogen-bond donors (Lipinski definition) is 1. The summed E-state index contributed by atoms with van der Waals surface area (Å²) < 4.78 is 57.5. The summed E-state index contributed by atoms with van der Waals surface area (Å²) in [5.74, 6) is -1.57. The van der Waals surface area contributed by atoms with Crippen LogP contribution in [0.3, 0.4) is 0 Å². The van der Waals surface area contributed by atoms with E-state index in [0.29, 0.717) is 47.5 Å². The van der Waals surface area contributed by atoms with Gasteiger partial charge in [0.1, 0.15) is 11.9 Å². The second-order valence-corrected chi connectivity index (χ2v) is 13.0. The van der Waals surface area contributed by atoms with Crippen LogP contribution in [0, 0.1) is 19.7 Å². The lowest BCUT2D eigenvalue weighted by atomic mass is 9.77. The lowest BCUT2D eigenvalue weighted by Gasteiger charge is -2.34. The van der Waals surface area contributed by atoms with Crippen molar-refractivity contribution < 1.29 is 32.2 Å². The van der Waals surface area contributed by atoms with Crippen LogP contribution < -0.4 is 0 Å². The number of aliphatic carboxylic acids is 1. The van der Waals surface area contributed by atoms with Crippen molar-refractivity contribution in [3.63, 3.8) is 0 Å². The van der Waals surface area contributed by atoms with Crippen molar-refractivity contribution in [3.8, 4) is 0 Å². The lowest BCUT2D eigenvalue weighted by Crippen LogP contribution is -2.35. The molecule has 0 amide bonds. The summed E-state index contributed by atoms with van der Waals surface area (Å²) in [6.45, 7) is 7.34. The van der Waals surface area contributed by atoms with Crippen molar-refractivity contribution >= 4 is 17.6 Å². The number of nitrogens with zero attached hydrogens (tertiary/aromatic N) is 2. The molecular weight excluding hydrogens is 596 g/mol. The molecule has 2 aliphatic rings. The topological polar surface area (TPSA) is 53.0 Å². The van der Waals surface area contributed by atoms with Gasteiger partial charge in [-0.2, -0.15) is 0 Å². The molecule has 2 aromatic rings. The molecule has 0 aromatic heterocycles. The molecule has 1 aliphatic carbocycles. The van der Waals surface area contributed by atoms with E-state index in [2.05, 4.69) is 16.6 Å². The highest BCUT2D eigenvalue weighted by molar-refractivity contribution is 6.30. The number of hydrogen-bond acceptors (Lipinski definition) is 4. The SMILES string of the molecule is Cc1ccc(Cl)cc1C(CCN1CCCCC1)CCN(C)C(C(=O)O)c1ccc(F)c(C)c1C1CCC(OC(F)(F)F)CC1. The van der Waals surface area contributed by atoms with Crippen molar-refractivity contribution in [2.24, 2.45) is 0 Å². The Balaban J connectivity index is 1.54. The maximum Gasteiger partial charge on any atom is 0.522 e. The minimum atomic E-state index is -4.70. The number of alkyl halides is 3. The molecule has 1 heterocycles. The van der Waals surface area contributed by atoms with Gasteiger partial charge in [-0.15, -0.1) is 13.2 Å². The van der Waals surface area contributed by atoms with Gasteiger partial charge in [-0.3, -0.25) is 14.4 Å². The van der Waals surface area contributed by atoms with E-state index in [4.69, 9.17) is 11.6 Å². The maximum atomic E-state index is 14.9. The predicted octanol–water partition coefficient (Wildman–Crippen LogP) is 8.77. The van der Waals surface area contributed by atoms with Crippen molar-refractivity contribution in [1.29, 1.82) is 0 Å². The third kappa shape index (κ3) is 9.18. The standard InChI is InChI=1S/C34H45ClF4N2O3/c1-22-7-10-26(35)21-29(22)24(16-20-41-17-5-4-6-18-41)15-19-40(3)32(33(42)43)28-13-14-30(36)23(2)31(28)25-8-11-27(12-9-25)44-34(37,38)39/h7,10,13-14,21,24-25,27,32H,4-6,8-9,11-12,15-20H2,1-3H3,(H,42,43). The second-order valence-electron chi connectivity index (χ2n) is 12.6. The quantitative estimate of drug-likeness (QED) is 0.235. The van der Waals surface area contributed by atoms with Gasteiger partial charge in [0.2, 0.25) is 0 Å². The Hall–Kier alpha value is -2.20. The Morgan fingerprint density at radius 1 is 1.05 bits per heavy atom. The highest BCUT2D eigenvalue weighted by atomic mass is 35.5. The zero-order chi connectivity index (χ0) is 32.0. The molecular formula is C34H45ClF4N2O3. The average molecular weight is 641 g/mol. The van der Waals surface area contributed by atoms with Crippen LogP contribution >= 0.6 is 11.6 Å². The first-order valence-corrected chi connectivity index (χ1v) is 16.2. The third-order valence-electron chi connectivity index (χ3n) is 9.59. The summed E-state index contributed by atoms with van der Waals surface area (Å²) in [5.41, 5.74) is 3.78. The first-order chi connectivity index (χ1) is 20.8. The molecule has 10 heteroatoms. The van der Waals surface area contributed by atoms with Gasteiger partial charge in [0, 0.05) is 5.02 Å². The highest BCUT2D eigenvalue weighted by Crippen LogP contribution is 2.42. The van der Waals surface area contributed by atoms with E-state index < -0.39 is 30.3 Å². The van der Waals surface area contributed by atoms with Crippen LogP contribution in [0.15, 0.2) is 30.3 Å². The van der Waals surface area contributed by atoms with Crippen molar-refractivity contribution in [1.82, 2.24) is 9.80 Å². The van der Waals surface area contributed by atoms with E-state index in [1.807, 2.05) is 23.1 Å². The number of likely N-dealkylation sites (N-methyl/N-ethyl adjacent to an activating group) is 1. The number of halogens is 5. The van der Waals surface area contributed by atoms with Gasteiger partial charge in [-0.05, 0) is 156 Å². The normalized spacial score (nSPS) is 21.4. The molecule has 2 fully saturated rings. The molecule has 2 atom stereocenters. The average Bonchev–Trinajstić information content (AvgIpc) is 2.97. The Kier molecular flexibility index (Phi) is 12.1. The van der Waals surface area contributed by atoms with Crippen molar-refractivity contribution in [2.45, 2.75) is 102 Å². The molecule has 1 saturated carbocycles. The van der Waals surface area contributed by atoms with Gasteiger partial charge in [-0.1, -0.05) is 30.2 Å². The minimum Gasteiger partial charge on any atom is -0.480 e. The first-order valence-electron chi connectivity index (χ1n) is 15.8. The van der Waals surface area contributed by atoms with E-state index in [1.54, 1.807) is 20.0 Å². The van der Waals surface area contributed by atoms with Crippen molar-refractivity contribution in [3.05, 3.63) is 69.0 Å². The van der Waals surface area contributed by atoms with E-state index >= 15 is 0 Å². The largest absolute Gasteiger partial charge is 0.522 e. The third-order valence-corrected chi connectivity index (χ3v) is 9.82. The Morgan fingerprint density at radius 3 is 2.36 bits per heavy atom. The molecule has 44 heavy (non-hydrogen) atoms.